The molecule has 1 unspecified atom stereocenters. The van der Waals surface area contributed by atoms with Crippen LogP contribution in [0.3, 0.4) is 0 Å². The molecule has 0 aliphatic heterocycles. The Morgan fingerprint density at radius 1 is 1.21 bits per heavy atom. The number of benzene rings is 2. The first-order valence-corrected chi connectivity index (χ1v) is 6.20. The number of rotatable bonds is 3. The molecule has 0 spiro atoms. The van der Waals surface area contributed by atoms with Crippen LogP contribution in [-0.4, -0.2) is 19.6 Å². The monoisotopic (exact) mass is 263 g/mol. The van der Waals surface area contributed by atoms with Crippen LogP contribution in [0.25, 0.3) is 10.8 Å². The molecule has 2 aromatic rings. The van der Waals surface area contributed by atoms with Gasteiger partial charge in [-0.3, -0.25) is 0 Å². The fourth-order valence-electron chi connectivity index (χ4n) is 2.84. The Morgan fingerprint density at radius 3 is 2.47 bits per heavy atom. The summed E-state index contributed by atoms with van der Waals surface area (Å²) < 4.78 is 33.0. The lowest BCUT2D eigenvalue weighted by Crippen LogP contribution is -2.27. The summed E-state index contributed by atoms with van der Waals surface area (Å²) in [7, 11) is 1.50. The van der Waals surface area contributed by atoms with Crippen LogP contribution >= 0.6 is 0 Å². The van der Waals surface area contributed by atoms with Crippen LogP contribution in [0.15, 0.2) is 36.4 Å². The Balaban J connectivity index is 2.33. The molecule has 0 aromatic heterocycles. The zero-order valence-corrected chi connectivity index (χ0v) is 10.6. The maximum atomic E-state index is 13.8. The molecular weight excluding hydrogens is 248 g/mol. The van der Waals surface area contributed by atoms with Crippen molar-refractivity contribution in [2.75, 3.05) is 13.7 Å². The standard InChI is InChI=1S/C15H15F2NO/c1-19-12-7-6-10-4-2-3-5-11(10)13(12)14(9-18)8-15(14,16)17/h2-7H,8-9,18H2,1H3. The summed E-state index contributed by atoms with van der Waals surface area (Å²) in [5.74, 6) is -2.26. The predicted octanol–water partition coefficient (Wildman–Crippen LogP) is 3.08. The molecule has 0 amide bonds. The van der Waals surface area contributed by atoms with E-state index in [2.05, 4.69) is 0 Å². The number of fused-ring (bicyclic) bond motifs is 1. The van der Waals surface area contributed by atoms with Crippen molar-refractivity contribution in [3.05, 3.63) is 42.0 Å². The molecule has 1 aliphatic rings. The molecule has 1 atom stereocenters. The Bertz CT molecular complexity index is 641. The van der Waals surface area contributed by atoms with Gasteiger partial charge in [0.1, 0.15) is 5.75 Å². The lowest BCUT2D eigenvalue weighted by Gasteiger charge is -2.20. The number of ether oxygens (including phenoxy) is 1. The molecule has 2 aromatic carbocycles. The number of hydrogen-bond acceptors (Lipinski definition) is 2. The average molecular weight is 263 g/mol. The van der Waals surface area contributed by atoms with E-state index in [-0.39, 0.29) is 13.0 Å². The van der Waals surface area contributed by atoms with Crippen LogP contribution in [0.2, 0.25) is 0 Å². The minimum absolute atomic E-state index is 0.0790. The van der Waals surface area contributed by atoms with Gasteiger partial charge in [0.05, 0.1) is 12.5 Å². The molecular formula is C15H15F2NO. The minimum Gasteiger partial charge on any atom is -0.496 e. The lowest BCUT2D eigenvalue weighted by atomic mass is 9.89. The first-order valence-electron chi connectivity index (χ1n) is 6.20. The van der Waals surface area contributed by atoms with Gasteiger partial charge in [-0.05, 0) is 16.8 Å². The smallest absolute Gasteiger partial charge is 0.260 e. The van der Waals surface area contributed by atoms with Crippen LogP contribution in [0.4, 0.5) is 8.78 Å². The van der Waals surface area contributed by atoms with E-state index in [9.17, 15) is 8.78 Å². The highest BCUT2D eigenvalue weighted by Crippen LogP contribution is 2.63. The van der Waals surface area contributed by atoms with Gasteiger partial charge in [0.25, 0.3) is 5.92 Å². The summed E-state index contributed by atoms with van der Waals surface area (Å²) in [5.41, 5.74) is 4.92. The molecule has 0 radical (unpaired) electrons. The molecule has 0 bridgehead atoms. The van der Waals surface area contributed by atoms with Crippen molar-refractivity contribution in [3.8, 4) is 5.75 Å². The Kier molecular flexibility index (Phi) is 2.54. The quantitative estimate of drug-likeness (QED) is 0.923. The predicted molar refractivity (Wildman–Crippen MR) is 70.8 cm³/mol. The highest BCUT2D eigenvalue weighted by Gasteiger charge is 2.72. The topological polar surface area (TPSA) is 35.2 Å². The van der Waals surface area contributed by atoms with Crippen molar-refractivity contribution < 1.29 is 13.5 Å². The fraction of sp³-hybridized carbons (Fsp3) is 0.333. The zero-order valence-electron chi connectivity index (χ0n) is 10.6. The van der Waals surface area contributed by atoms with E-state index in [1.54, 1.807) is 6.07 Å². The van der Waals surface area contributed by atoms with Crippen molar-refractivity contribution in [1.29, 1.82) is 0 Å². The number of methoxy groups -OCH3 is 1. The summed E-state index contributed by atoms with van der Waals surface area (Å²) in [6.45, 7) is -0.0790. The lowest BCUT2D eigenvalue weighted by molar-refractivity contribution is 0.0892. The van der Waals surface area contributed by atoms with E-state index in [4.69, 9.17) is 10.5 Å². The van der Waals surface area contributed by atoms with Gasteiger partial charge in [-0.25, -0.2) is 8.78 Å². The maximum Gasteiger partial charge on any atom is 0.260 e. The van der Waals surface area contributed by atoms with E-state index in [0.29, 0.717) is 11.3 Å². The van der Waals surface area contributed by atoms with Crippen LogP contribution in [0, 0.1) is 0 Å². The molecule has 100 valence electrons. The Labute approximate surface area is 110 Å². The molecule has 2 N–H and O–H groups in total. The van der Waals surface area contributed by atoms with Crippen molar-refractivity contribution >= 4 is 10.8 Å². The van der Waals surface area contributed by atoms with Gasteiger partial charge in [-0.2, -0.15) is 0 Å². The molecule has 0 saturated heterocycles. The zero-order chi connectivity index (χ0) is 13.7. The summed E-state index contributed by atoms with van der Waals surface area (Å²) in [6, 6.07) is 11.1. The second kappa shape index (κ2) is 3.90. The van der Waals surface area contributed by atoms with Crippen molar-refractivity contribution in [2.45, 2.75) is 17.8 Å². The van der Waals surface area contributed by atoms with E-state index in [1.807, 2.05) is 30.3 Å². The number of hydrogen-bond donors (Lipinski definition) is 1. The van der Waals surface area contributed by atoms with Gasteiger partial charge >= 0.3 is 0 Å². The second-order valence-corrected chi connectivity index (χ2v) is 5.03. The van der Waals surface area contributed by atoms with Crippen molar-refractivity contribution in [1.82, 2.24) is 0 Å². The van der Waals surface area contributed by atoms with Crippen molar-refractivity contribution in [3.63, 3.8) is 0 Å². The largest absolute Gasteiger partial charge is 0.496 e. The third kappa shape index (κ3) is 1.56. The summed E-state index contributed by atoms with van der Waals surface area (Å²) in [4.78, 5) is 0. The highest BCUT2D eigenvalue weighted by atomic mass is 19.3. The molecule has 2 nitrogen and oxygen atoms in total. The third-order valence-electron chi connectivity index (χ3n) is 4.04. The number of nitrogens with two attached hydrogens (primary N) is 1. The van der Waals surface area contributed by atoms with Crippen LogP contribution in [0.1, 0.15) is 12.0 Å². The highest BCUT2D eigenvalue weighted by molar-refractivity contribution is 5.89. The van der Waals surface area contributed by atoms with Gasteiger partial charge in [-0.1, -0.05) is 30.3 Å². The molecule has 1 fully saturated rings. The molecule has 19 heavy (non-hydrogen) atoms. The normalized spacial score (nSPS) is 24.4. The van der Waals surface area contributed by atoms with Gasteiger partial charge in [-0.15, -0.1) is 0 Å². The Hall–Kier alpha value is -1.68. The second-order valence-electron chi connectivity index (χ2n) is 5.03. The van der Waals surface area contributed by atoms with E-state index in [1.165, 1.54) is 7.11 Å². The van der Waals surface area contributed by atoms with Gasteiger partial charge in [0.2, 0.25) is 0 Å². The van der Waals surface area contributed by atoms with Gasteiger partial charge in [0, 0.05) is 18.5 Å². The summed E-state index contributed by atoms with van der Waals surface area (Å²) >= 11 is 0. The van der Waals surface area contributed by atoms with Crippen LogP contribution in [-0.2, 0) is 5.41 Å². The molecule has 4 heteroatoms. The summed E-state index contributed by atoms with van der Waals surface area (Å²) in [6.07, 6.45) is -0.207. The van der Waals surface area contributed by atoms with Crippen LogP contribution in [0.5, 0.6) is 5.75 Å². The SMILES string of the molecule is COc1ccc2ccccc2c1C1(CN)CC1(F)F. The first-order chi connectivity index (χ1) is 9.05. The molecule has 0 heterocycles. The van der Waals surface area contributed by atoms with E-state index < -0.39 is 11.3 Å². The number of alkyl halides is 2. The number of halogens is 2. The molecule has 1 aliphatic carbocycles. The van der Waals surface area contributed by atoms with E-state index >= 15 is 0 Å². The van der Waals surface area contributed by atoms with Gasteiger partial charge in [0.15, 0.2) is 0 Å². The first kappa shape index (κ1) is 12.4. The van der Waals surface area contributed by atoms with E-state index in [0.717, 1.165) is 10.8 Å². The fourth-order valence-corrected chi connectivity index (χ4v) is 2.84. The Morgan fingerprint density at radius 2 is 1.89 bits per heavy atom. The molecule has 1 saturated carbocycles. The van der Waals surface area contributed by atoms with Gasteiger partial charge < -0.3 is 10.5 Å². The summed E-state index contributed by atoms with van der Waals surface area (Å²) in [5, 5.41) is 1.72. The average Bonchev–Trinajstić information content (AvgIpc) is 3.00. The third-order valence-corrected chi connectivity index (χ3v) is 4.04. The maximum absolute atomic E-state index is 13.8. The minimum atomic E-state index is -2.75. The molecule has 3 rings (SSSR count). The van der Waals surface area contributed by atoms with Crippen molar-refractivity contribution in [2.24, 2.45) is 5.73 Å². The van der Waals surface area contributed by atoms with Crippen LogP contribution < -0.4 is 10.5 Å².